The van der Waals surface area contributed by atoms with Gasteiger partial charge in [0.05, 0.1) is 5.69 Å². The maximum absolute atomic E-state index is 12.1. The lowest BCUT2D eigenvalue weighted by molar-refractivity contribution is -0.136. The van der Waals surface area contributed by atoms with Crippen molar-refractivity contribution in [1.82, 2.24) is 4.90 Å². The largest absolute Gasteiger partial charge is 0.423 e. The number of carbonyl (C=O) groups excluding carboxylic acids is 1. The number of ether oxygens (including phenoxy) is 1. The van der Waals surface area contributed by atoms with Crippen molar-refractivity contribution in [3.8, 4) is 5.75 Å². The Morgan fingerprint density at radius 3 is 2.50 bits per heavy atom. The van der Waals surface area contributed by atoms with Gasteiger partial charge in [-0.05, 0) is 43.7 Å². The van der Waals surface area contributed by atoms with Gasteiger partial charge in [-0.3, -0.25) is 4.90 Å². The molecule has 0 aromatic heterocycles. The second-order valence-electron chi connectivity index (χ2n) is 6.92. The van der Waals surface area contributed by atoms with Crippen LogP contribution in [0.4, 0.5) is 11.4 Å². The molecule has 4 rings (SSSR count). The van der Waals surface area contributed by atoms with Crippen molar-refractivity contribution in [2.24, 2.45) is 0 Å². The molecule has 0 bridgehead atoms. The van der Waals surface area contributed by atoms with Crippen molar-refractivity contribution in [3.63, 3.8) is 0 Å². The summed E-state index contributed by atoms with van der Waals surface area (Å²) in [7, 11) is 0. The Kier molecular flexibility index (Phi) is 5.07. The molecule has 0 radical (unpaired) electrons. The number of rotatable bonds is 5. The third-order valence-electron chi connectivity index (χ3n) is 5.17. The lowest BCUT2D eigenvalue weighted by atomic mass is 10.1. The van der Waals surface area contributed by atoms with E-state index in [2.05, 4.69) is 45.4 Å². The molecule has 0 aliphatic carbocycles. The molecular weight excluding hydrogens is 326 g/mol. The molecule has 2 aliphatic heterocycles. The van der Waals surface area contributed by atoms with Crippen LogP contribution in [0.2, 0.25) is 0 Å². The number of fused-ring (bicyclic) bond motifs is 1. The zero-order chi connectivity index (χ0) is 17.8. The van der Waals surface area contributed by atoms with Crippen LogP contribution in [0.5, 0.6) is 5.75 Å². The van der Waals surface area contributed by atoms with Gasteiger partial charge in [0.1, 0.15) is 6.04 Å². The van der Waals surface area contributed by atoms with Crippen molar-refractivity contribution in [2.45, 2.75) is 18.9 Å². The number of hydrogen-bond donors (Lipinski definition) is 1. The number of nitrogens with one attached hydrogen (secondary N) is 1. The van der Waals surface area contributed by atoms with Crippen molar-refractivity contribution < 1.29 is 9.53 Å². The predicted octanol–water partition coefficient (Wildman–Crippen LogP) is 2.99. The summed E-state index contributed by atoms with van der Waals surface area (Å²) in [5, 5.41) is 3.31. The van der Waals surface area contributed by atoms with Crippen LogP contribution < -0.4 is 15.0 Å². The van der Waals surface area contributed by atoms with E-state index < -0.39 is 0 Å². The monoisotopic (exact) mass is 351 g/mol. The summed E-state index contributed by atoms with van der Waals surface area (Å²) in [6.45, 7) is 5.28. The minimum Gasteiger partial charge on any atom is -0.423 e. The zero-order valence-electron chi connectivity index (χ0n) is 14.9. The lowest BCUT2D eigenvalue weighted by Crippen LogP contribution is -2.47. The number of hydrogen-bond acceptors (Lipinski definition) is 5. The molecule has 2 heterocycles. The van der Waals surface area contributed by atoms with E-state index in [9.17, 15) is 4.79 Å². The average molecular weight is 351 g/mol. The third-order valence-corrected chi connectivity index (χ3v) is 5.17. The van der Waals surface area contributed by atoms with Crippen LogP contribution in [0.3, 0.4) is 0 Å². The molecule has 1 fully saturated rings. The van der Waals surface area contributed by atoms with Crippen LogP contribution in [-0.2, 0) is 4.79 Å². The van der Waals surface area contributed by atoms with Gasteiger partial charge in [0.25, 0.3) is 0 Å². The van der Waals surface area contributed by atoms with Crippen LogP contribution in [0.25, 0.3) is 0 Å². The molecule has 0 saturated carbocycles. The highest BCUT2D eigenvalue weighted by Gasteiger charge is 2.27. The Morgan fingerprint density at radius 2 is 1.69 bits per heavy atom. The zero-order valence-corrected chi connectivity index (χ0v) is 14.9. The quantitative estimate of drug-likeness (QED) is 0.663. The predicted molar refractivity (Wildman–Crippen MR) is 104 cm³/mol. The third kappa shape index (κ3) is 3.83. The summed E-state index contributed by atoms with van der Waals surface area (Å²) in [6, 6.07) is 18.0. The number of para-hydroxylation sites is 3. The van der Waals surface area contributed by atoms with Crippen molar-refractivity contribution in [2.75, 3.05) is 42.9 Å². The van der Waals surface area contributed by atoms with Crippen LogP contribution in [0.1, 0.15) is 12.8 Å². The molecule has 2 aromatic carbocycles. The van der Waals surface area contributed by atoms with E-state index in [1.54, 1.807) is 0 Å². The smallest absolute Gasteiger partial charge is 0.334 e. The van der Waals surface area contributed by atoms with E-state index in [1.807, 2.05) is 24.3 Å². The summed E-state index contributed by atoms with van der Waals surface area (Å²) in [4.78, 5) is 17.1. The first-order chi connectivity index (χ1) is 12.8. The van der Waals surface area contributed by atoms with Gasteiger partial charge in [0.2, 0.25) is 0 Å². The van der Waals surface area contributed by atoms with E-state index in [1.165, 1.54) is 5.69 Å². The topological polar surface area (TPSA) is 44.8 Å². The molecule has 0 amide bonds. The molecule has 1 saturated heterocycles. The van der Waals surface area contributed by atoms with Gasteiger partial charge in [-0.25, -0.2) is 4.79 Å². The van der Waals surface area contributed by atoms with Gasteiger partial charge in [0, 0.05) is 31.9 Å². The SMILES string of the molecule is O=C1Oc2ccccc2NC1CCCN1CCN(c2ccccc2)CC1. The fraction of sp³-hybridized carbons (Fsp3) is 0.381. The minimum absolute atomic E-state index is 0.169. The maximum atomic E-state index is 12.1. The molecule has 1 N–H and O–H groups in total. The second kappa shape index (κ2) is 7.79. The molecule has 5 heteroatoms. The van der Waals surface area contributed by atoms with Gasteiger partial charge < -0.3 is 15.0 Å². The molecule has 5 nitrogen and oxygen atoms in total. The van der Waals surface area contributed by atoms with E-state index in [-0.39, 0.29) is 12.0 Å². The minimum atomic E-state index is -0.240. The first-order valence-corrected chi connectivity index (χ1v) is 9.39. The Bertz CT molecular complexity index is 742. The summed E-state index contributed by atoms with van der Waals surface area (Å²) in [5.41, 5.74) is 2.22. The molecule has 26 heavy (non-hydrogen) atoms. The first kappa shape index (κ1) is 16.9. The molecule has 0 spiro atoms. The van der Waals surface area contributed by atoms with Gasteiger partial charge in [0.15, 0.2) is 5.75 Å². The van der Waals surface area contributed by atoms with Crippen LogP contribution >= 0.6 is 0 Å². The molecule has 1 atom stereocenters. The van der Waals surface area contributed by atoms with Gasteiger partial charge in [-0.1, -0.05) is 30.3 Å². The van der Waals surface area contributed by atoms with Crippen molar-refractivity contribution >= 4 is 17.3 Å². The normalized spacial score (nSPS) is 20.2. The summed E-state index contributed by atoms with van der Waals surface area (Å²) >= 11 is 0. The molecule has 2 aliphatic rings. The summed E-state index contributed by atoms with van der Waals surface area (Å²) < 4.78 is 5.43. The second-order valence-corrected chi connectivity index (χ2v) is 6.92. The van der Waals surface area contributed by atoms with E-state index >= 15 is 0 Å². The Balaban J connectivity index is 1.22. The molecule has 2 aromatic rings. The van der Waals surface area contributed by atoms with Gasteiger partial charge in [-0.2, -0.15) is 0 Å². The summed E-state index contributed by atoms with van der Waals surface area (Å²) in [6.07, 6.45) is 1.78. The number of anilines is 2. The Labute approximate surface area is 154 Å². The first-order valence-electron chi connectivity index (χ1n) is 9.39. The number of piperazine rings is 1. The molecule has 1 unspecified atom stereocenters. The van der Waals surface area contributed by atoms with Crippen molar-refractivity contribution in [3.05, 3.63) is 54.6 Å². The highest BCUT2D eigenvalue weighted by molar-refractivity contribution is 5.86. The standard InChI is InChI=1S/C21H25N3O2/c25-21-19(22-18-9-4-5-11-20(18)26-21)10-6-12-23-13-15-24(16-14-23)17-7-2-1-3-8-17/h1-5,7-9,11,19,22H,6,10,12-16H2. The maximum Gasteiger partial charge on any atom is 0.334 e. The van der Waals surface area contributed by atoms with Gasteiger partial charge >= 0.3 is 5.97 Å². The van der Waals surface area contributed by atoms with E-state index in [0.717, 1.165) is 51.3 Å². The van der Waals surface area contributed by atoms with Crippen LogP contribution in [0, 0.1) is 0 Å². The van der Waals surface area contributed by atoms with E-state index in [4.69, 9.17) is 4.74 Å². The average Bonchev–Trinajstić information content (AvgIpc) is 2.69. The number of nitrogens with zero attached hydrogens (tertiary/aromatic N) is 2. The fourth-order valence-corrected chi connectivity index (χ4v) is 3.68. The Hall–Kier alpha value is -2.53. The van der Waals surface area contributed by atoms with Crippen LogP contribution in [-0.4, -0.2) is 49.6 Å². The molecule has 136 valence electrons. The Morgan fingerprint density at radius 1 is 0.962 bits per heavy atom. The van der Waals surface area contributed by atoms with E-state index in [0.29, 0.717) is 5.75 Å². The highest BCUT2D eigenvalue weighted by atomic mass is 16.5. The van der Waals surface area contributed by atoms with Crippen molar-refractivity contribution in [1.29, 1.82) is 0 Å². The number of benzene rings is 2. The number of carbonyl (C=O) groups is 1. The van der Waals surface area contributed by atoms with Crippen LogP contribution in [0.15, 0.2) is 54.6 Å². The lowest BCUT2D eigenvalue weighted by Gasteiger charge is -2.36. The summed E-state index contributed by atoms with van der Waals surface area (Å²) in [5.74, 6) is 0.461. The van der Waals surface area contributed by atoms with Gasteiger partial charge in [-0.15, -0.1) is 0 Å². The molecular formula is C21H25N3O2. The number of esters is 1. The highest BCUT2D eigenvalue weighted by Crippen LogP contribution is 2.29. The fourth-order valence-electron chi connectivity index (χ4n) is 3.68.